The Morgan fingerprint density at radius 2 is 1.73 bits per heavy atom. The monoisotopic (exact) mass is 481 g/mol. The normalized spacial score (nSPS) is 16.1. The number of thioether (sulfide) groups is 1. The Bertz CT molecular complexity index is 1400. The number of hydrogen-bond donors (Lipinski definition) is 1. The third kappa shape index (κ3) is 5.27. The molecular weight excluding hydrogens is 466 g/mol. The molecule has 9 nitrogen and oxygen atoms in total. The smallest absolute Gasteiger partial charge is 0.339 e. The van der Waals surface area contributed by atoms with Gasteiger partial charge in [0, 0.05) is 17.7 Å². The molecule has 0 bridgehead atoms. The Balaban J connectivity index is 1.61. The molecule has 1 aliphatic rings. The summed E-state index contributed by atoms with van der Waals surface area (Å²) in [5.41, 5.74) is 0.637. The minimum absolute atomic E-state index is 0.0293. The Labute approximate surface area is 193 Å². The van der Waals surface area contributed by atoms with Crippen LogP contribution in [0.4, 0.5) is 11.4 Å². The summed E-state index contributed by atoms with van der Waals surface area (Å²) in [6.07, 6.45) is 1.49. The molecule has 0 spiro atoms. The molecule has 0 atom stereocenters. The van der Waals surface area contributed by atoms with Crippen molar-refractivity contribution in [1.82, 2.24) is 5.32 Å². The van der Waals surface area contributed by atoms with E-state index in [2.05, 4.69) is 10.3 Å². The molecule has 1 aliphatic heterocycles. The maximum Gasteiger partial charge on any atom is 0.339 e. The van der Waals surface area contributed by atoms with Gasteiger partial charge < -0.3 is 9.50 Å². The first-order chi connectivity index (χ1) is 15.8. The van der Waals surface area contributed by atoms with Gasteiger partial charge in [0.15, 0.2) is 5.17 Å². The first-order valence-electron chi connectivity index (χ1n) is 9.44. The van der Waals surface area contributed by atoms with Crippen LogP contribution in [0, 0.1) is 10.1 Å². The van der Waals surface area contributed by atoms with Gasteiger partial charge in [-0.15, -0.1) is 0 Å². The quantitative estimate of drug-likeness (QED) is 0.241. The van der Waals surface area contributed by atoms with Crippen molar-refractivity contribution in [3.8, 4) is 5.75 Å². The molecule has 166 valence electrons. The number of carbonyl (C=O) groups excluding carboxylic acids is 1. The molecule has 1 fully saturated rings. The molecule has 3 aromatic rings. The summed E-state index contributed by atoms with van der Waals surface area (Å²) in [4.78, 5) is 27.0. The molecule has 33 heavy (non-hydrogen) atoms. The van der Waals surface area contributed by atoms with E-state index in [-0.39, 0.29) is 22.2 Å². The summed E-state index contributed by atoms with van der Waals surface area (Å²) in [6.45, 7) is 0. The maximum absolute atomic E-state index is 12.7. The van der Waals surface area contributed by atoms with Crippen LogP contribution in [-0.4, -0.2) is 24.4 Å². The van der Waals surface area contributed by atoms with E-state index in [4.69, 9.17) is 4.18 Å². The molecule has 0 aromatic heterocycles. The van der Waals surface area contributed by atoms with E-state index >= 15 is 0 Å². The number of nitro benzene ring substituents is 1. The van der Waals surface area contributed by atoms with Crippen molar-refractivity contribution in [3.05, 3.63) is 99.4 Å². The summed E-state index contributed by atoms with van der Waals surface area (Å²) in [5.74, 6) is -0.413. The third-order valence-corrected chi connectivity index (χ3v) is 6.50. The van der Waals surface area contributed by atoms with E-state index in [0.717, 1.165) is 17.8 Å². The van der Waals surface area contributed by atoms with E-state index < -0.39 is 15.0 Å². The first-order valence-corrected chi connectivity index (χ1v) is 11.7. The lowest BCUT2D eigenvalue weighted by Gasteiger charge is -2.09. The van der Waals surface area contributed by atoms with Crippen molar-refractivity contribution >= 4 is 50.4 Å². The van der Waals surface area contributed by atoms with Gasteiger partial charge in [0.2, 0.25) is 0 Å². The fourth-order valence-electron chi connectivity index (χ4n) is 2.84. The molecular formula is C22H15N3O6S2. The molecule has 1 heterocycles. The summed E-state index contributed by atoms with van der Waals surface area (Å²) in [7, 11) is -4.36. The van der Waals surface area contributed by atoms with Crippen molar-refractivity contribution in [2.75, 3.05) is 0 Å². The van der Waals surface area contributed by atoms with E-state index in [0.29, 0.717) is 21.3 Å². The second-order valence-corrected chi connectivity index (χ2v) is 9.22. The number of para-hydroxylation sites is 2. The second-order valence-electron chi connectivity index (χ2n) is 6.65. The Morgan fingerprint density at radius 3 is 2.48 bits per heavy atom. The zero-order valence-electron chi connectivity index (χ0n) is 16.7. The van der Waals surface area contributed by atoms with E-state index in [1.54, 1.807) is 30.3 Å². The first kappa shape index (κ1) is 22.2. The van der Waals surface area contributed by atoms with Crippen LogP contribution in [0.3, 0.4) is 0 Å². The molecule has 1 saturated heterocycles. The molecule has 1 amide bonds. The van der Waals surface area contributed by atoms with Gasteiger partial charge in [-0.3, -0.25) is 14.9 Å². The van der Waals surface area contributed by atoms with Gasteiger partial charge in [-0.05, 0) is 42.1 Å². The van der Waals surface area contributed by atoms with Crippen molar-refractivity contribution in [2.45, 2.75) is 4.90 Å². The largest absolute Gasteiger partial charge is 0.378 e. The standard InChI is InChI=1S/C22H15N3O6S2/c26-21-20(32-22(24-21)23-16-8-2-1-3-9-16)13-15-7-4-5-12-19(15)31-33(29,30)18-11-6-10-17(14-18)25(27)28/h1-14H,(H,23,24,26)/b20-13-. The molecule has 0 unspecified atom stereocenters. The fourth-order valence-corrected chi connectivity index (χ4v) is 4.66. The summed E-state index contributed by atoms with van der Waals surface area (Å²) >= 11 is 1.11. The van der Waals surface area contributed by atoms with Crippen LogP contribution in [0.15, 0.2) is 93.7 Å². The van der Waals surface area contributed by atoms with Crippen molar-refractivity contribution in [3.63, 3.8) is 0 Å². The van der Waals surface area contributed by atoms with Gasteiger partial charge in [0.1, 0.15) is 10.6 Å². The van der Waals surface area contributed by atoms with Crippen molar-refractivity contribution < 1.29 is 22.3 Å². The molecule has 3 aromatic carbocycles. The van der Waals surface area contributed by atoms with Gasteiger partial charge in [-0.25, -0.2) is 4.99 Å². The lowest BCUT2D eigenvalue weighted by atomic mass is 10.2. The topological polar surface area (TPSA) is 128 Å². The minimum Gasteiger partial charge on any atom is -0.378 e. The average molecular weight is 482 g/mol. The van der Waals surface area contributed by atoms with Crippen LogP contribution >= 0.6 is 11.8 Å². The lowest BCUT2D eigenvalue weighted by molar-refractivity contribution is -0.385. The van der Waals surface area contributed by atoms with Gasteiger partial charge >= 0.3 is 10.1 Å². The van der Waals surface area contributed by atoms with Crippen LogP contribution in [-0.2, 0) is 14.9 Å². The van der Waals surface area contributed by atoms with Crippen LogP contribution in [0.25, 0.3) is 6.08 Å². The highest BCUT2D eigenvalue weighted by Gasteiger charge is 2.25. The number of benzene rings is 3. The van der Waals surface area contributed by atoms with Gasteiger partial charge in [0.25, 0.3) is 11.6 Å². The number of rotatable bonds is 6. The van der Waals surface area contributed by atoms with Gasteiger partial charge in [-0.2, -0.15) is 8.42 Å². The fraction of sp³-hybridized carbons (Fsp3) is 0. The average Bonchev–Trinajstić information content (AvgIpc) is 3.14. The van der Waals surface area contributed by atoms with Crippen molar-refractivity contribution in [1.29, 1.82) is 0 Å². The molecule has 1 N–H and O–H groups in total. The highest BCUT2D eigenvalue weighted by molar-refractivity contribution is 8.18. The third-order valence-electron chi connectivity index (χ3n) is 4.36. The Hall–Kier alpha value is -3.96. The molecule has 0 aliphatic carbocycles. The number of nitro groups is 1. The second kappa shape index (κ2) is 9.27. The lowest BCUT2D eigenvalue weighted by Crippen LogP contribution is -2.19. The SMILES string of the molecule is O=C1NC(=Nc2ccccc2)S/C1=C\c1ccccc1OS(=O)(=O)c1cccc([N+](=O)[O-])c1. The minimum atomic E-state index is -4.36. The summed E-state index contributed by atoms with van der Waals surface area (Å²) in [6, 6.07) is 19.9. The number of hydrogen-bond acceptors (Lipinski definition) is 8. The highest BCUT2D eigenvalue weighted by atomic mass is 32.2. The van der Waals surface area contributed by atoms with E-state index in [9.17, 15) is 23.3 Å². The van der Waals surface area contributed by atoms with E-state index in [1.165, 1.54) is 30.3 Å². The van der Waals surface area contributed by atoms with E-state index in [1.807, 2.05) is 18.2 Å². The number of nitrogens with zero attached hydrogens (tertiary/aromatic N) is 2. The van der Waals surface area contributed by atoms with Gasteiger partial charge in [0.05, 0.1) is 15.5 Å². The van der Waals surface area contributed by atoms with Crippen LogP contribution < -0.4 is 9.50 Å². The predicted molar refractivity (Wildman–Crippen MR) is 125 cm³/mol. The number of amides is 1. The zero-order chi connectivity index (χ0) is 23.4. The number of nitrogens with one attached hydrogen (secondary N) is 1. The van der Waals surface area contributed by atoms with Crippen molar-refractivity contribution in [2.24, 2.45) is 4.99 Å². The van der Waals surface area contributed by atoms with Crippen LogP contribution in [0.1, 0.15) is 5.56 Å². The Morgan fingerprint density at radius 1 is 1.00 bits per heavy atom. The molecule has 11 heteroatoms. The Kier molecular flexibility index (Phi) is 6.24. The number of non-ortho nitro benzene ring substituents is 1. The summed E-state index contributed by atoms with van der Waals surface area (Å²) in [5, 5.41) is 14.0. The zero-order valence-corrected chi connectivity index (χ0v) is 18.4. The maximum atomic E-state index is 12.7. The molecule has 0 radical (unpaired) electrons. The number of aliphatic imine (C=N–C) groups is 1. The van der Waals surface area contributed by atoms with Crippen LogP contribution in [0.5, 0.6) is 5.75 Å². The predicted octanol–water partition coefficient (Wildman–Crippen LogP) is 4.25. The summed E-state index contributed by atoms with van der Waals surface area (Å²) < 4.78 is 30.7. The molecule has 0 saturated carbocycles. The number of carbonyl (C=O) groups is 1. The number of amidine groups is 1. The molecule has 4 rings (SSSR count). The highest BCUT2D eigenvalue weighted by Crippen LogP contribution is 2.32. The van der Waals surface area contributed by atoms with Crippen LogP contribution in [0.2, 0.25) is 0 Å². The van der Waals surface area contributed by atoms with Gasteiger partial charge in [-0.1, -0.05) is 42.5 Å².